The Labute approximate surface area is 253 Å². The van der Waals surface area contributed by atoms with Crippen LogP contribution in [0.1, 0.15) is 70.8 Å². The van der Waals surface area contributed by atoms with Crippen LogP contribution in [0.4, 0.5) is 8.78 Å². The highest BCUT2D eigenvalue weighted by Gasteiger charge is 2.42. The second-order valence-electron chi connectivity index (χ2n) is 11.7. The predicted molar refractivity (Wildman–Crippen MR) is 162 cm³/mol. The average Bonchev–Trinajstić information content (AvgIpc) is 2.96. The fourth-order valence-electron chi connectivity index (χ4n) is 5.78. The third-order valence-corrected chi connectivity index (χ3v) is 8.47. The lowest BCUT2D eigenvalue weighted by Crippen LogP contribution is -2.49. The number of rotatable bonds is 19. The molecule has 7 N–H and O–H groups in total. The number of benzene rings is 1. The van der Waals surface area contributed by atoms with E-state index in [1.54, 1.807) is 18.2 Å². The molecule has 2 rings (SSSR count). The highest BCUT2D eigenvalue weighted by atomic mass is 19.1. The molecule has 0 fully saturated rings. The Hall–Kier alpha value is -3.44. The Morgan fingerprint density at radius 2 is 1.65 bits per heavy atom. The zero-order valence-corrected chi connectivity index (χ0v) is 25.5. The summed E-state index contributed by atoms with van der Waals surface area (Å²) in [7, 11) is 1.91. The first-order valence-electron chi connectivity index (χ1n) is 14.9. The molecule has 43 heavy (non-hydrogen) atoms. The van der Waals surface area contributed by atoms with Crippen LogP contribution in [-0.4, -0.2) is 60.6 Å². The molecule has 5 atom stereocenters. The first-order valence-corrected chi connectivity index (χ1v) is 14.9. The molecule has 1 aromatic rings. The monoisotopic (exact) mass is 603 g/mol. The van der Waals surface area contributed by atoms with E-state index < -0.39 is 35.2 Å². The fourth-order valence-corrected chi connectivity index (χ4v) is 5.78. The molecule has 0 saturated heterocycles. The van der Waals surface area contributed by atoms with Gasteiger partial charge in [-0.05, 0) is 74.4 Å². The third-order valence-electron chi connectivity index (χ3n) is 8.47. The largest absolute Gasteiger partial charge is 0.370 e. The lowest BCUT2D eigenvalue weighted by Gasteiger charge is -2.45. The number of hydrogen-bond acceptors (Lipinski definition) is 6. The molecule has 0 radical (unpaired) electrons. The van der Waals surface area contributed by atoms with Crippen molar-refractivity contribution in [3.05, 3.63) is 59.7 Å². The van der Waals surface area contributed by atoms with Gasteiger partial charge in [-0.3, -0.25) is 19.2 Å². The molecule has 9 nitrogen and oxygen atoms in total. The minimum absolute atomic E-state index is 0.0174. The summed E-state index contributed by atoms with van der Waals surface area (Å²) in [6.07, 6.45) is 7.22. The molecule has 0 saturated carbocycles. The van der Waals surface area contributed by atoms with E-state index in [2.05, 4.69) is 24.1 Å². The number of ketones is 1. The zero-order chi connectivity index (χ0) is 32.2. The molecule has 3 amide bonds. The van der Waals surface area contributed by atoms with Crippen LogP contribution in [0.5, 0.6) is 0 Å². The van der Waals surface area contributed by atoms with Crippen molar-refractivity contribution >= 4 is 23.5 Å². The molecule has 0 aromatic heterocycles. The van der Waals surface area contributed by atoms with Gasteiger partial charge in [0.1, 0.15) is 11.6 Å². The molecule has 0 bridgehead atoms. The van der Waals surface area contributed by atoms with Gasteiger partial charge in [-0.2, -0.15) is 0 Å². The lowest BCUT2D eigenvalue weighted by molar-refractivity contribution is -0.129. The number of carbonyl (C=O) groups is 4. The summed E-state index contributed by atoms with van der Waals surface area (Å²) in [4.78, 5) is 50.3. The summed E-state index contributed by atoms with van der Waals surface area (Å²) in [6, 6.07) is 4.49. The molecular weight excluding hydrogens is 556 g/mol. The number of primary amides is 2. The topological polar surface area (TPSA) is 162 Å². The fraction of sp³-hybridized carbons (Fsp3) is 0.562. The quantitative estimate of drug-likeness (QED) is 0.190. The van der Waals surface area contributed by atoms with Crippen LogP contribution in [0.15, 0.2) is 48.3 Å². The summed E-state index contributed by atoms with van der Waals surface area (Å²) in [5.74, 6) is -2.60. The Kier molecular flexibility index (Phi) is 14.1. The molecule has 0 aliphatic heterocycles. The van der Waals surface area contributed by atoms with Gasteiger partial charge >= 0.3 is 0 Å². The van der Waals surface area contributed by atoms with Crippen molar-refractivity contribution in [3.63, 3.8) is 0 Å². The minimum Gasteiger partial charge on any atom is -0.370 e. The number of Topliss-reactive ketones (excluding diaryl/α,β-unsaturated/α-hetero) is 1. The number of carbonyl (C=O) groups excluding carboxylic acids is 4. The van der Waals surface area contributed by atoms with Gasteiger partial charge < -0.3 is 27.4 Å². The average molecular weight is 604 g/mol. The maximum absolute atomic E-state index is 13.9. The molecule has 1 aromatic carbocycles. The number of nitrogens with one attached hydrogen (secondary N) is 1. The molecule has 0 spiro atoms. The summed E-state index contributed by atoms with van der Waals surface area (Å²) in [5, 5.41) is 2.61. The number of allylic oxidation sites excluding steroid dienone is 4. The molecule has 11 heteroatoms. The van der Waals surface area contributed by atoms with Crippen molar-refractivity contribution in [2.24, 2.45) is 29.0 Å². The van der Waals surface area contributed by atoms with Crippen LogP contribution in [-0.2, 0) is 24.6 Å². The van der Waals surface area contributed by atoms with E-state index in [-0.39, 0.29) is 61.4 Å². The van der Waals surface area contributed by atoms with Gasteiger partial charge in [0.2, 0.25) is 17.7 Å². The van der Waals surface area contributed by atoms with Crippen molar-refractivity contribution in [3.8, 4) is 0 Å². The van der Waals surface area contributed by atoms with Crippen molar-refractivity contribution in [1.29, 1.82) is 0 Å². The molecule has 1 aliphatic rings. The molecule has 3 unspecified atom stereocenters. The van der Waals surface area contributed by atoms with Gasteiger partial charge in [0.15, 0.2) is 5.78 Å². The molecular formula is C32H47F2N5O4. The Morgan fingerprint density at radius 3 is 2.21 bits per heavy atom. The standard InChI is InChI=1S/C32H47F2N5O4/c1-4-5-23(32(2,21-6-10-24(33)11-7-21)22-8-12-25(34)13-9-22)20-39(3)19-18-28(40)27(15-17-30(37)42)38-31(43)26(35)14-16-29(36)41/h6-8,10-13,22-23,26-27H,4-5,9,14-20,35H2,1-3H3,(H2,36,41)(H2,37,42)(H,38,43)/t22?,23?,26-,27-,32?/m0/s1. The van der Waals surface area contributed by atoms with E-state index in [1.807, 2.05) is 13.1 Å². The van der Waals surface area contributed by atoms with E-state index in [0.29, 0.717) is 19.5 Å². The smallest absolute Gasteiger partial charge is 0.237 e. The summed E-state index contributed by atoms with van der Waals surface area (Å²) in [5.41, 5.74) is 16.8. The second-order valence-corrected chi connectivity index (χ2v) is 11.7. The van der Waals surface area contributed by atoms with Crippen molar-refractivity contribution in [1.82, 2.24) is 10.2 Å². The van der Waals surface area contributed by atoms with Gasteiger partial charge in [0.25, 0.3) is 0 Å². The summed E-state index contributed by atoms with van der Waals surface area (Å²) >= 11 is 0. The molecule has 0 heterocycles. The maximum atomic E-state index is 13.9. The minimum atomic E-state index is -1.03. The van der Waals surface area contributed by atoms with Gasteiger partial charge in [0, 0.05) is 37.8 Å². The second kappa shape index (κ2) is 17.0. The van der Waals surface area contributed by atoms with Crippen LogP contribution in [0.2, 0.25) is 0 Å². The van der Waals surface area contributed by atoms with Gasteiger partial charge in [-0.1, -0.05) is 38.5 Å². The van der Waals surface area contributed by atoms with E-state index in [4.69, 9.17) is 17.2 Å². The van der Waals surface area contributed by atoms with Crippen molar-refractivity contribution in [2.75, 3.05) is 20.1 Å². The van der Waals surface area contributed by atoms with Crippen molar-refractivity contribution < 1.29 is 28.0 Å². The summed E-state index contributed by atoms with van der Waals surface area (Å²) < 4.78 is 27.8. The van der Waals surface area contributed by atoms with Crippen LogP contribution < -0.4 is 22.5 Å². The molecule has 238 valence electrons. The number of amides is 3. The van der Waals surface area contributed by atoms with Gasteiger partial charge in [-0.25, -0.2) is 8.78 Å². The SMILES string of the molecule is CCCC(CN(C)CCC(=O)[C@H](CCC(N)=O)NC(=O)[C@@H](N)CCC(N)=O)C(C)(c1ccc(F)cc1)C1C=CC(F)=CC1. The van der Waals surface area contributed by atoms with Crippen molar-refractivity contribution in [2.45, 2.75) is 82.7 Å². The van der Waals surface area contributed by atoms with E-state index in [0.717, 1.165) is 18.4 Å². The van der Waals surface area contributed by atoms with Gasteiger partial charge in [0.05, 0.1) is 12.1 Å². The highest BCUT2D eigenvalue weighted by molar-refractivity contribution is 5.91. The normalized spacial score (nSPS) is 18.3. The third kappa shape index (κ3) is 11.0. The molecule has 1 aliphatic carbocycles. The number of halogens is 2. The number of hydrogen-bond donors (Lipinski definition) is 4. The first kappa shape index (κ1) is 35.8. The summed E-state index contributed by atoms with van der Waals surface area (Å²) in [6.45, 7) is 5.23. The Bertz CT molecular complexity index is 1170. The number of nitrogens with zero attached hydrogens (tertiary/aromatic N) is 1. The predicted octanol–water partition coefficient (Wildman–Crippen LogP) is 3.16. The van der Waals surface area contributed by atoms with Crippen LogP contribution in [0.3, 0.4) is 0 Å². The lowest BCUT2D eigenvalue weighted by atomic mass is 9.60. The van der Waals surface area contributed by atoms with Gasteiger partial charge in [-0.15, -0.1) is 0 Å². The maximum Gasteiger partial charge on any atom is 0.237 e. The first-order chi connectivity index (χ1) is 20.3. The Morgan fingerprint density at radius 1 is 1.02 bits per heavy atom. The zero-order valence-electron chi connectivity index (χ0n) is 25.5. The van der Waals surface area contributed by atoms with Crippen LogP contribution >= 0.6 is 0 Å². The van der Waals surface area contributed by atoms with Crippen LogP contribution in [0, 0.1) is 17.7 Å². The van der Waals surface area contributed by atoms with E-state index in [1.165, 1.54) is 18.2 Å². The van der Waals surface area contributed by atoms with E-state index in [9.17, 15) is 28.0 Å². The highest BCUT2D eigenvalue weighted by Crippen LogP contribution is 2.45. The van der Waals surface area contributed by atoms with E-state index >= 15 is 0 Å². The van der Waals surface area contributed by atoms with Crippen LogP contribution in [0.25, 0.3) is 0 Å². The Balaban J connectivity index is 2.17. The number of nitrogens with two attached hydrogens (primary N) is 3.